The number of anilines is 1. The largest absolute Gasteiger partial charge is 0.490 e. The Bertz CT molecular complexity index is 1230. The van der Waals surface area contributed by atoms with E-state index in [9.17, 15) is 14.9 Å². The van der Waals surface area contributed by atoms with Crippen molar-refractivity contribution in [3.8, 4) is 17.1 Å². The van der Waals surface area contributed by atoms with E-state index in [-0.39, 0.29) is 30.7 Å². The quantitative estimate of drug-likeness (QED) is 0.322. The summed E-state index contributed by atoms with van der Waals surface area (Å²) in [5, 5.41) is 18.7. The van der Waals surface area contributed by atoms with E-state index in [0.717, 1.165) is 0 Å². The number of benzene rings is 1. The number of rotatable bonds is 9. The highest BCUT2D eigenvalue weighted by Gasteiger charge is 2.24. The first-order valence-corrected chi connectivity index (χ1v) is 11.3. The van der Waals surface area contributed by atoms with E-state index in [4.69, 9.17) is 14.2 Å². The Morgan fingerprint density at radius 3 is 2.58 bits per heavy atom. The van der Waals surface area contributed by atoms with E-state index in [1.54, 1.807) is 56.0 Å². The number of aromatic nitrogens is 4. The third-order valence-corrected chi connectivity index (χ3v) is 4.76. The molecule has 0 saturated heterocycles. The fourth-order valence-corrected chi connectivity index (χ4v) is 3.23. The highest BCUT2D eigenvalue weighted by molar-refractivity contribution is 5.83. The molecular weight excluding hydrogens is 468 g/mol. The predicted molar refractivity (Wildman–Crippen MR) is 132 cm³/mol. The van der Waals surface area contributed by atoms with Gasteiger partial charge in [-0.05, 0) is 58.4 Å². The number of pyridine rings is 1. The first-order valence-electron chi connectivity index (χ1n) is 11.3. The molecule has 0 atom stereocenters. The average Bonchev–Trinajstić information content (AvgIpc) is 3.28. The minimum atomic E-state index is -0.632. The van der Waals surface area contributed by atoms with Crippen LogP contribution < -0.4 is 10.1 Å². The van der Waals surface area contributed by atoms with Crippen LogP contribution in [-0.4, -0.2) is 43.5 Å². The zero-order valence-electron chi connectivity index (χ0n) is 21.1. The Balaban J connectivity index is 1.76. The van der Waals surface area contributed by atoms with Crippen molar-refractivity contribution in [3.05, 3.63) is 58.0 Å². The van der Waals surface area contributed by atoms with Crippen LogP contribution in [0.25, 0.3) is 11.4 Å². The van der Waals surface area contributed by atoms with Gasteiger partial charge in [0.15, 0.2) is 5.82 Å². The highest BCUT2D eigenvalue weighted by Crippen LogP contribution is 2.38. The number of amides is 1. The van der Waals surface area contributed by atoms with Gasteiger partial charge >= 0.3 is 11.8 Å². The molecule has 2 heterocycles. The number of carbonyl (C=O) groups is 1. The molecule has 0 spiro atoms. The van der Waals surface area contributed by atoms with Crippen LogP contribution in [0.3, 0.4) is 0 Å². The molecule has 0 bridgehead atoms. The Morgan fingerprint density at radius 2 is 1.97 bits per heavy atom. The lowest BCUT2D eigenvalue weighted by Gasteiger charge is -2.19. The molecule has 0 aliphatic heterocycles. The Morgan fingerprint density at radius 1 is 1.22 bits per heavy atom. The number of ether oxygens (including phenoxy) is 3. The molecule has 3 rings (SSSR count). The van der Waals surface area contributed by atoms with Crippen LogP contribution in [0.1, 0.15) is 51.9 Å². The molecule has 1 amide bonds. The zero-order valence-corrected chi connectivity index (χ0v) is 21.1. The second kappa shape index (κ2) is 11.1. The Labute approximate surface area is 208 Å². The van der Waals surface area contributed by atoms with Gasteiger partial charge in [0.05, 0.1) is 36.5 Å². The summed E-state index contributed by atoms with van der Waals surface area (Å²) in [5.74, 6) is 0.709. The van der Waals surface area contributed by atoms with Gasteiger partial charge < -0.3 is 14.2 Å². The van der Waals surface area contributed by atoms with Gasteiger partial charge in [-0.25, -0.2) is 19.4 Å². The summed E-state index contributed by atoms with van der Waals surface area (Å²) in [6.45, 7) is 9.39. The summed E-state index contributed by atoms with van der Waals surface area (Å²) in [6, 6.07) is 8.29. The standard InChI is InChI=1S/C24H30N6O6/c1-15(2)29-14-25-22(28-29)18-10-16(11-19(30(32)33)21(18)34-6)12-35-13-17-8-7-9-20(26-17)27-23(31)36-24(3,4)5/h7-11,14-15H,12-13H2,1-6H3,(H,26,27,31). The molecule has 3 aromatic rings. The van der Waals surface area contributed by atoms with Gasteiger partial charge in [-0.2, -0.15) is 5.10 Å². The minimum Gasteiger partial charge on any atom is -0.490 e. The molecule has 36 heavy (non-hydrogen) atoms. The Hall–Kier alpha value is -4.06. The molecule has 0 fully saturated rings. The maximum absolute atomic E-state index is 12.0. The third kappa shape index (κ3) is 6.98. The lowest BCUT2D eigenvalue weighted by atomic mass is 10.1. The van der Waals surface area contributed by atoms with Crippen molar-refractivity contribution in [2.45, 2.75) is 59.5 Å². The second-order valence-electron chi connectivity index (χ2n) is 9.23. The zero-order chi connectivity index (χ0) is 26.5. The van der Waals surface area contributed by atoms with E-state index in [1.165, 1.54) is 13.2 Å². The maximum Gasteiger partial charge on any atom is 0.413 e. The van der Waals surface area contributed by atoms with E-state index >= 15 is 0 Å². The topological polar surface area (TPSA) is 144 Å². The van der Waals surface area contributed by atoms with Crippen molar-refractivity contribution in [1.82, 2.24) is 19.7 Å². The smallest absolute Gasteiger partial charge is 0.413 e. The molecule has 12 nitrogen and oxygen atoms in total. The van der Waals surface area contributed by atoms with Gasteiger partial charge in [-0.1, -0.05) is 6.07 Å². The molecular formula is C24H30N6O6. The summed E-state index contributed by atoms with van der Waals surface area (Å²) >= 11 is 0. The molecule has 1 N–H and O–H groups in total. The van der Waals surface area contributed by atoms with Crippen molar-refractivity contribution >= 4 is 17.6 Å². The highest BCUT2D eigenvalue weighted by atomic mass is 16.6. The fraction of sp³-hybridized carbons (Fsp3) is 0.417. The van der Waals surface area contributed by atoms with Crippen LogP contribution in [0.2, 0.25) is 0 Å². The van der Waals surface area contributed by atoms with E-state index in [1.807, 2.05) is 13.8 Å². The van der Waals surface area contributed by atoms with Gasteiger partial charge in [-0.15, -0.1) is 0 Å². The summed E-state index contributed by atoms with van der Waals surface area (Å²) < 4.78 is 18.0. The van der Waals surface area contributed by atoms with Gasteiger partial charge in [-0.3, -0.25) is 15.4 Å². The molecule has 2 aromatic heterocycles. The summed E-state index contributed by atoms with van der Waals surface area (Å²) in [6.07, 6.45) is 0.956. The molecule has 0 aliphatic rings. The number of methoxy groups -OCH3 is 1. The van der Waals surface area contributed by atoms with Crippen LogP contribution in [0.4, 0.5) is 16.3 Å². The third-order valence-electron chi connectivity index (χ3n) is 4.76. The molecule has 0 unspecified atom stereocenters. The number of hydrogen-bond acceptors (Lipinski definition) is 9. The Kier molecular flexibility index (Phi) is 8.20. The molecule has 12 heteroatoms. The van der Waals surface area contributed by atoms with Gasteiger partial charge in [0, 0.05) is 12.1 Å². The number of nitrogens with zero attached hydrogens (tertiary/aromatic N) is 5. The van der Waals surface area contributed by atoms with Gasteiger partial charge in [0.25, 0.3) is 0 Å². The lowest BCUT2D eigenvalue weighted by Crippen LogP contribution is -2.27. The van der Waals surface area contributed by atoms with Crippen LogP contribution in [0, 0.1) is 10.1 Å². The molecule has 1 aromatic carbocycles. The SMILES string of the molecule is COc1c(-c2ncn(C(C)C)n2)cc(COCc2cccc(NC(=O)OC(C)(C)C)n2)cc1[N+](=O)[O-]. The van der Waals surface area contributed by atoms with Gasteiger partial charge in [0.1, 0.15) is 17.7 Å². The summed E-state index contributed by atoms with van der Waals surface area (Å²) in [7, 11) is 1.37. The van der Waals surface area contributed by atoms with Crippen molar-refractivity contribution in [3.63, 3.8) is 0 Å². The number of nitro groups is 1. The van der Waals surface area contributed by atoms with Crippen LogP contribution >= 0.6 is 0 Å². The van der Waals surface area contributed by atoms with E-state index in [2.05, 4.69) is 20.4 Å². The minimum absolute atomic E-state index is 0.0636. The van der Waals surface area contributed by atoms with Crippen LogP contribution in [0.15, 0.2) is 36.7 Å². The maximum atomic E-state index is 12.0. The number of carbonyl (C=O) groups excluding carboxylic acids is 1. The molecule has 0 aliphatic carbocycles. The fourth-order valence-electron chi connectivity index (χ4n) is 3.23. The summed E-state index contributed by atoms with van der Waals surface area (Å²) in [4.78, 5) is 31.8. The first kappa shape index (κ1) is 26.5. The van der Waals surface area contributed by atoms with Crippen molar-refractivity contribution in [2.75, 3.05) is 12.4 Å². The second-order valence-corrected chi connectivity index (χ2v) is 9.23. The number of nitrogens with one attached hydrogen (secondary N) is 1. The van der Waals surface area contributed by atoms with Crippen molar-refractivity contribution in [2.24, 2.45) is 0 Å². The number of hydrogen-bond donors (Lipinski definition) is 1. The summed E-state index contributed by atoms with van der Waals surface area (Å²) in [5.41, 5.74) is 0.653. The van der Waals surface area contributed by atoms with Crippen molar-refractivity contribution < 1.29 is 23.9 Å². The van der Waals surface area contributed by atoms with Crippen molar-refractivity contribution in [1.29, 1.82) is 0 Å². The van der Waals surface area contributed by atoms with Crippen LogP contribution in [-0.2, 0) is 22.7 Å². The normalized spacial score (nSPS) is 11.4. The molecule has 0 radical (unpaired) electrons. The molecule has 0 saturated carbocycles. The van der Waals surface area contributed by atoms with E-state index < -0.39 is 16.6 Å². The van der Waals surface area contributed by atoms with E-state index in [0.29, 0.717) is 28.5 Å². The average molecular weight is 499 g/mol. The monoisotopic (exact) mass is 498 g/mol. The van der Waals surface area contributed by atoms with Gasteiger partial charge in [0.2, 0.25) is 5.75 Å². The lowest BCUT2D eigenvalue weighted by molar-refractivity contribution is -0.385. The molecule has 192 valence electrons. The predicted octanol–water partition coefficient (Wildman–Crippen LogP) is 4.90. The number of nitro benzene ring substituents is 1. The first-order chi connectivity index (χ1) is 17.0. The van der Waals surface area contributed by atoms with Crippen LogP contribution in [0.5, 0.6) is 5.75 Å².